The van der Waals surface area contributed by atoms with Crippen molar-refractivity contribution in [2.24, 2.45) is 5.73 Å². The van der Waals surface area contributed by atoms with Gasteiger partial charge in [0.15, 0.2) is 15.0 Å². The van der Waals surface area contributed by atoms with Crippen LogP contribution in [0.2, 0.25) is 0 Å². The van der Waals surface area contributed by atoms with Crippen molar-refractivity contribution in [1.82, 2.24) is 4.98 Å². The van der Waals surface area contributed by atoms with Crippen LogP contribution in [-0.2, 0) is 9.84 Å². The summed E-state index contributed by atoms with van der Waals surface area (Å²) in [5, 5.41) is 2.64. The van der Waals surface area contributed by atoms with E-state index >= 15 is 0 Å². The van der Waals surface area contributed by atoms with Gasteiger partial charge in [-0.05, 0) is 24.6 Å². The zero-order valence-electron chi connectivity index (χ0n) is 11.2. The van der Waals surface area contributed by atoms with Crippen LogP contribution in [0.4, 0.5) is 14.3 Å². The lowest BCUT2D eigenvalue weighted by Gasteiger charge is -2.03. The molecule has 21 heavy (non-hydrogen) atoms. The highest BCUT2D eigenvalue weighted by atomic mass is 32.2. The second-order valence-electron chi connectivity index (χ2n) is 4.34. The lowest BCUT2D eigenvalue weighted by atomic mass is 10.1. The predicted molar refractivity (Wildman–Crippen MR) is 78.6 cm³/mol. The first kappa shape index (κ1) is 15.4. The van der Waals surface area contributed by atoms with Crippen molar-refractivity contribution in [2.75, 3.05) is 11.6 Å². The molecule has 3 N–H and O–H groups in total. The molecule has 0 aliphatic heterocycles. The van der Waals surface area contributed by atoms with E-state index in [1.54, 1.807) is 6.92 Å². The number of aryl methyl sites for hydroxylation is 1. The monoisotopic (exact) mass is 329 g/mol. The smallest absolute Gasteiger partial charge is 0.318 e. The molecule has 0 fully saturated rings. The third-order valence-corrected chi connectivity index (χ3v) is 4.87. The minimum absolute atomic E-state index is 0.294. The van der Waals surface area contributed by atoms with Gasteiger partial charge >= 0.3 is 6.03 Å². The SMILES string of the molecule is Cc1nc(NC(N)=O)sc1-c1ccc(S(C)(=O)=O)c(F)c1. The lowest BCUT2D eigenvalue weighted by Crippen LogP contribution is -2.18. The summed E-state index contributed by atoms with van der Waals surface area (Å²) in [6, 6.07) is 3.09. The number of hydrogen-bond acceptors (Lipinski definition) is 5. The van der Waals surface area contributed by atoms with Gasteiger partial charge in [0.2, 0.25) is 0 Å². The van der Waals surface area contributed by atoms with Gasteiger partial charge in [-0.1, -0.05) is 17.4 Å². The summed E-state index contributed by atoms with van der Waals surface area (Å²) in [7, 11) is -3.61. The molecule has 0 saturated carbocycles. The Balaban J connectivity index is 2.46. The zero-order chi connectivity index (χ0) is 15.8. The van der Waals surface area contributed by atoms with Crippen LogP contribution in [0.1, 0.15) is 5.69 Å². The summed E-state index contributed by atoms with van der Waals surface area (Å²) in [6.45, 7) is 1.69. The number of rotatable bonds is 3. The molecular formula is C12H12FN3O3S2. The number of nitrogens with two attached hydrogens (primary N) is 1. The standard InChI is InChI=1S/C12H12FN3O3S2/c1-6-10(20-12(15-6)16-11(14)17)7-3-4-9(8(13)5-7)21(2,18)19/h3-5H,1-2H3,(H3,14,15,16,17). The number of benzene rings is 1. The van der Waals surface area contributed by atoms with Crippen LogP contribution in [0.15, 0.2) is 23.1 Å². The van der Waals surface area contributed by atoms with Gasteiger partial charge in [0.25, 0.3) is 0 Å². The van der Waals surface area contributed by atoms with Crippen molar-refractivity contribution in [1.29, 1.82) is 0 Å². The van der Waals surface area contributed by atoms with Gasteiger partial charge in [-0.3, -0.25) is 5.32 Å². The summed E-state index contributed by atoms with van der Waals surface area (Å²) in [4.78, 5) is 15.1. The van der Waals surface area contributed by atoms with Gasteiger partial charge in [0, 0.05) is 6.26 Å². The maximum absolute atomic E-state index is 13.9. The molecule has 1 aromatic heterocycles. The van der Waals surface area contributed by atoms with Crippen molar-refractivity contribution >= 4 is 32.3 Å². The third-order valence-electron chi connectivity index (χ3n) is 2.62. The quantitative estimate of drug-likeness (QED) is 0.900. The Morgan fingerprint density at radius 1 is 1.43 bits per heavy atom. The summed E-state index contributed by atoms with van der Waals surface area (Å²) < 4.78 is 36.7. The Kier molecular flexibility index (Phi) is 3.97. The van der Waals surface area contributed by atoms with E-state index in [-0.39, 0.29) is 4.90 Å². The average molecular weight is 329 g/mol. The van der Waals surface area contributed by atoms with Crippen molar-refractivity contribution in [3.05, 3.63) is 29.7 Å². The molecule has 0 aliphatic rings. The van der Waals surface area contributed by atoms with Crippen molar-refractivity contribution in [3.63, 3.8) is 0 Å². The number of sulfone groups is 1. The molecule has 9 heteroatoms. The number of nitrogens with one attached hydrogen (secondary N) is 1. The van der Waals surface area contributed by atoms with E-state index in [9.17, 15) is 17.6 Å². The van der Waals surface area contributed by atoms with Crippen molar-refractivity contribution in [2.45, 2.75) is 11.8 Å². The van der Waals surface area contributed by atoms with E-state index in [1.807, 2.05) is 0 Å². The van der Waals surface area contributed by atoms with E-state index in [1.165, 1.54) is 12.1 Å². The molecule has 2 aromatic rings. The number of hydrogen-bond donors (Lipinski definition) is 2. The minimum atomic E-state index is -3.61. The normalized spacial score (nSPS) is 11.4. The Bertz CT molecular complexity index is 815. The van der Waals surface area contributed by atoms with Gasteiger partial charge in [-0.15, -0.1) is 0 Å². The number of aromatic nitrogens is 1. The summed E-state index contributed by atoms with van der Waals surface area (Å²) >= 11 is 1.12. The second-order valence-corrected chi connectivity index (χ2v) is 7.32. The molecule has 112 valence electrons. The molecule has 0 aliphatic carbocycles. The van der Waals surface area contributed by atoms with Crippen LogP contribution >= 0.6 is 11.3 Å². The average Bonchev–Trinajstić information content (AvgIpc) is 2.67. The van der Waals surface area contributed by atoms with E-state index in [2.05, 4.69) is 10.3 Å². The van der Waals surface area contributed by atoms with Gasteiger partial charge in [0.1, 0.15) is 10.7 Å². The first-order valence-corrected chi connectivity index (χ1v) is 8.43. The number of urea groups is 1. The van der Waals surface area contributed by atoms with Gasteiger partial charge in [-0.25, -0.2) is 22.6 Å². The number of anilines is 1. The Labute approximate surface area is 124 Å². The van der Waals surface area contributed by atoms with E-state index in [0.29, 0.717) is 21.3 Å². The third kappa shape index (κ3) is 3.37. The predicted octanol–water partition coefficient (Wildman–Crippen LogP) is 2.15. The maximum Gasteiger partial charge on any atom is 0.318 e. The molecule has 2 rings (SSSR count). The van der Waals surface area contributed by atoms with Gasteiger partial charge in [-0.2, -0.15) is 0 Å². The number of carbonyl (C=O) groups excluding carboxylic acids is 1. The molecule has 0 spiro atoms. The Hall–Kier alpha value is -2.00. The molecule has 1 aromatic carbocycles. The molecule has 0 unspecified atom stereocenters. The summed E-state index contributed by atoms with van der Waals surface area (Å²) in [5.41, 5.74) is 6.06. The van der Waals surface area contributed by atoms with Crippen LogP contribution in [-0.4, -0.2) is 25.7 Å². The largest absolute Gasteiger partial charge is 0.351 e. The summed E-state index contributed by atoms with van der Waals surface area (Å²) in [6.07, 6.45) is 0.942. The van der Waals surface area contributed by atoms with Crippen LogP contribution < -0.4 is 11.1 Å². The molecule has 0 bridgehead atoms. The molecular weight excluding hydrogens is 317 g/mol. The topological polar surface area (TPSA) is 102 Å². The van der Waals surface area contributed by atoms with Gasteiger partial charge < -0.3 is 5.73 Å². The number of halogens is 1. The maximum atomic E-state index is 13.9. The molecule has 0 atom stereocenters. The van der Waals surface area contributed by atoms with E-state index < -0.39 is 21.7 Å². The number of thiazole rings is 1. The fourth-order valence-corrected chi connectivity index (χ4v) is 3.46. The molecule has 2 amide bonds. The first-order valence-electron chi connectivity index (χ1n) is 5.72. The highest BCUT2D eigenvalue weighted by Gasteiger charge is 2.17. The van der Waals surface area contributed by atoms with Crippen LogP contribution in [0.3, 0.4) is 0 Å². The highest BCUT2D eigenvalue weighted by Crippen LogP contribution is 2.34. The van der Waals surface area contributed by atoms with Crippen LogP contribution in [0.5, 0.6) is 0 Å². The van der Waals surface area contributed by atoms with Gasteiger partial charge in [0.05, 0.1) is 10.6 Å². The Morgan fingerprint density at radius 3 is 2.62 bits per heavy atom. The number of primary amides is 1. The zero-order valence-corrected chi connectivity index (χ0v) is 12.8. The number of nitrogens with zero attached hydrogens (tertiary/aromatic N) is 1. The molecule has 1 heterocycles. The first-order chi connectivity index (χ1) is 9.68. The second kappa shape index (κ2) is 5.41. The minimum Gasteiger partial charge on any atom is -0.351 e. The fourth-order valence-electron chi connectivity index (χ4n) is 1.77. The molecule has 0 radical (unpaired) electrons. The van der Waals surface area contributed by atoms with Crippen LogP contribution in [0, 0.1) is 12.7 Å². The van der Waals surface area contributed by atoms with Crippen LogP contribution in [0.25, 0.3) is 10.4 Å². The number of carbonyl (C=O) groups is 1. The summed E-state index contributed by atoms with van der Waals surface area (Å²) in [5.74, 6) is -0.827. The highest BCUT2D eigenvalue weighted by molar-refractivity contribution is 7.90. The molecule has 6 nitrogen and oxygen atoms in total. The number of amides is 2. The Morgan fingerprint density at radius 2 is 2.10 bits per heavy atom. The van der Waals surface area contributed by atoms with E-state index in [4.69, 9.17) is 5.73 Å². The molecule has 0 saturated heterocycles. The fraction of sp³-hybridized carbons (Fsp3) is 0.167. The van der Waals surface area contributed by atoms with Crippen molar-refractivity contribution in [3.8, 4) is 10.4 Å². The lowest BCUT2D eigenvalue weighted by molar-refractivity contribution is 0.259. The van der Waals surface area contributed by atoms with E-state index in [0.717, 1.165) is 23.7 Å². The van der Waals surface area contributed by atoms with Crippen molar-refractivity contribution < 1.29 is 17.6 Å².